The number of carbonyl (C=O) groups is 2. The predicted molar refractivity (Wildman–Crippen MR) is 139 cm³/mol. The van der Waals surface area contributed by atoms with E-state index in [1.165, 1.54) is 25.3 Å². The maximum absolute atomic E-state index is 13.8. The number of dihydropyridines is 1. The maximum atomic E-state index is 13.8. The zero-order valence-corrected chi connectivity index (χ0v) is 21.6. The molecule has 2 heterocycles. The minimum absolute atomic E-state index is 0.130. The second kappa shape index (κ2) is 11.2. The van der Waals surface area contributed by atoms with Gasteiger partial charge < -0.3 is 19.9 Å². The summed E-state index contributed by atoms with van der Waals surface area (Å²) in [5, 5.41) is 24.9. The Morgan fingerprint density at radius 2 is 1.79 bits per heavy atom. The van der Waals surface area contributed by atoms with Crippen molar-refractivity contribution in [2.75, 3.05) is 26.8 Å². The Balaban J connectivity index is 1.67. The van der Waals surface area contributed by atoms with Crippen molar-refractivity contribution in [3.05, 3.63) is 98.4 Å². The number of aliphatic hydroxyl groups is 1. The van der Waals surface area contributed by atoms with E-state index in [0.717, 1.165) is 5.56 Å². The Kier molecular flexibility index (Phi) is 7.94. The average Bonchev–Trinajstić information content (AvgIpc) is 3.30. The zero-order valence-electron chi connectivity index (χ0n) is 21.6. The molecule has 2 aromatic carbocycles. The van der Waals surface area contributed by atoms with Gasteiger partial charge in [-0.15, -0.1) is 0 Å². The van der Waals surface area contributed by atoms with Gasteiger partial charge in [0.05, 0.1) is 35.7 Å². The average molecular weight is 522 g/mol. The minimum Gasteiger partial charge on any atom is -0.466 e. The molecule has 38 heavy (non-hydrogen) atoms. The van der Waals surface area contributed by atoms with Crippen LogP contribution in [0.4, 0.5) is 5.69 Å². The van der Waals surface area contributed by atoms with Gasteiger partial charge >= 0.3 is 11.9 Å². The first-order valence-electron chi connectivity index (χ1n) is 12.3. The number of benzene rings is 2. The third-order valence-electron chi connectivity index (χ3n) is 7.04. The lowest BCUT2D eigenvalue weighted by Gasteiger charge is -2.33. The molecule has 0 saturated carbocycles. The summed E-state index contributed by atoms with van der Waals surface area (Å²) in [4.78, 5) is 39.7. The van der Waals surface area contributed by atoms with E-state index < -0.39 is 28.4 Å². The molecule has 0 aromatic heterocycles. The van der Waals surface area contributed by atoms with E-state index in [1.807, 2.05) is 30.3 Å². The van der Waals surface area contributed by atoms with Gasteiger partial charge in [0.2, 0.25) is 0 Å². The van der Waals surface area contributed by atoms with Crippen LogP contribution in [-0.4, -0.2) is 59.3 Å². The molecule has 2 aromatic rings. The SMILES string of the molecule is COC(=O)C1=C(C)NC(C)=C(C(=O)O[C@]2(CO)CCN(Cc3ccccc3)C2)[C@H]1c1cccc([N+](=O)[O-])c1. The topological polar surface area (TPSA) is 131 Å². The van der Waals surface area contributed by atoms with Crippen molar-refractivity contribution in [3.63, 3.8) is 0 Å². The number of nitrogens with zero attached hydrogens (tertiary/aromatic N) is 2. The lowest BCUT2D eigenvalue weighted by atomic mass is 9.80. The summed E-state index contributed by atoms with van der Waals surface area (Å²) in [5.74, 6) is -2.35. The number of nitro groups is 1. The van der Waals surface area contributed by atoms with Crippen LogP contribution >= 0.6 is 0 Å². The number of rotatable bonds is 8. The Morgan fingerprint density at radius 3 is 2.42 bits per heavy atom. The molecule has 0 bridgehead atoms. The highest BCUT2D eigenvalue weighted by Gasteiger charge is 2.45. The number of methoxy groups -OCH3 is 1. The molecule has 0 spiro atoms. The molecule has 1 fully saturated rings. The third-order valence-corrected chi connectivity index (χ3v) is 7.04. The standard InChI is InChI=1S/C28H31N3O7/c1-18-23(26(33)37-3)25(21-10-7-11-22(14-21)31(35)36)24(19(2)29-18)27(34)38-28(17-32)12-13-30(16-28)15-20-8-5-4-6-9-20/h4-11,14,25,29,32H,12-13,15-17H2,1-3H3/t25-,28+/m0/s1. The van der Waals surface area contributed by atoms with Gasteiger partial charge in [0.15, 0.2) is 0 Å². The fraction of sp³-hybridized carbons (Fsp3) is 0.357. The quantitative estimate of drug-likeness (QED) is 0.305. The number of allylic oxidation sites excluding steroid dienone is 2. The molecule has 10 heteroatoms. The van der Waals surface area contributed by atoms with Crippen LogP contribution in [0.1, 0.15) is 37.3 Å². The monoisotopic (exact) mass is 521 g/mol. The molecule has 1 saturated heterocycles. The maximum Gasteiger partial charge on any atom is 0.337 e. The van der Waals surface area contributed by atoms with Crippen molar-refractivity contribution in [3.8, 4) is 0 Å². The van der Waals surface area contributed by atoms with Crippen LogP contribution in [0.15, 0.2) is 77.1 Å². The molecule has 0 amide bonds. The van der Waals surface area contributed by atoms with Crippen molar-refractivity contribution >= 4 is 17.6 Å². The number of hydrogen-bond donors (Lipinski definition) is 2. The van der Waals surface area contributed by atoms with Crippen molar-refractivity contribution in [1.29, 1.82) is 0 Å². The highest BCUT2D eigenvalue weighted by atomic mass is 16.6. The highest BCUT2D eigenvalue weighted by Crippen LogP contribution is 2.41. The van der Waals surface area contributed by atoms with Gasteiger partial charge in [-0.2, -0.15) is 0 Å². The van der Waals surface area contributed by atoms with Crippen LogP contribution in [0.2, 0.25) is 0 Å². The number of nitro benzene ring substituents is 1. The van der Waals surface area contributed by atoms with Crippen LogP contribution in [-0.2, 0) is 25.6 Å². The summed E-state index contributed by atoms with van der Waals surface area (Å²) in [6.07, 6.45) is 0.433. The molecule has 0 radical (unpaired) electrons. The summed E-state index contributed by atoms with van der Waals surface area (Å²) in [7, 11) is 1.23. The molecule has 2 N–H and O–H groups in total. The van der Waals surface area contributed by atoms with Crippen molar-refractivity contribution in [2.24, 2.45) is 0 Å². The highest BCUT2D eigenvalue weighted by molar-refractivity contribution is 6.00. The first-order valence-corrected chi connectivity index (χ1v) is 12.3. The molecule has 4 rings (SSSR count). The largest absolute Gasteiger partial charge is 0.466 e. The van der Waals surface area contributed by atoms with E-state index in [0.29, 0.717) is 43.0 Å². The number of hydrogen-bond acceptors (Lipinski definition) is 9. The Bertz CT molecular complexity index is 1300. The molecule has 2 atom stereocenters. The predicted octanol–water partition coefficient (Wildman–Crippen LogP) is 3.18. The van der Waals surface area contributed by atoms with Crippen LogP contribution in [0.25, 0.3) is 0 Å². The fourth-order valence-electron chi connectivity index (χ4n) is 5.20. The van der Waals surface area contributed by atoms with Gasteiger partial charge in [-0.25, -0.2) is 9.59 Å². The lowest BCUT2D eigenvalue weighted by molar-refractivity contribution is -0.384. The number of likely N-dealkylation sites (tertiary alicyclic amines) is 1. The van der Waals surface area contributed by atoms with Gasteiger partial charge in [0.25, 0.3) is 5.69 Å². The number of non-ortho nitro benzene ring substituents is 1. The number of carbonyl (C=O) groups excluding carboxylic acids is 2. The van der Waals surface area contributed by atoms with Crippen LogP contribution in [0.3, 0.4) is 0 Å². The lowest BCUT2D eigenvalue weighted by Crippen LogP contribution is -2.43. The summed E-state index contributed by atoms with van der Waals surface area (Å²) < 4.78 is 11.0. The molecular weight excluding hydrogens is 490 g/mol. The number of ether oxygens (including phenoxy) is 2. The molecular formula is C28H31N3O7. The molecule has 2 aliphatic heterocycles. The van der Waals surface area contributed by atoms with Gasteiger partial charge in [-0.1, -0.05) is 42.5 Å². The number of aliphatic hydroxyl groups excluding tert-OH is 1. The molecule has 0 aliphatic carbocycles. The van der Waals surface area contributed by atoms with Crippen molar-refractivity contribution in [1.82, 2.24) is 10.2 Å². The second-order valence-electron chi connectivity index (χ2n) is 9.66. The third kappa shape index (κ3) is 5.46. The van der Waals surface area contributed by atoms with Crippen LogP contribution in [0.5, 0.6) is 0 Å². The van der Waals surface area contributed by atoms with E-state index in [-0.39, 0.29) is 23.4 Å². The number of esters is 2. The Labute approximate surface area is 220 Å². The Morgan fingerprint density at radius 1 is 1.11 bits per heavy atom. The fourth-order valence-corrected chi connectivity index (χ4v) is 5.20. The summed E-state index contributed by atoms with van der Waals surface area (Å²) >= 11 is 0. The van der Waals surface area contributed by atoms with Crippen LogP contribution < -0.4 is 5.32 Å². The minimum atomic E-state index is -1.13. The second-order valence-corrected chi connectivity index (χ2v) is 9.66. The normalized spacial score (nSPS) is 21.7. The number of nitrogens with one attached hydrogen (secondary N) is 1. The van der Waals surface area contributed by atoms with Gasteiger partial charge in [0.1, 0.15) is 5.60 Å². The first-order chi connectivity index (χ1) is 18.2. The first kappa shape index (κ1) is 27.0. The summed E-state index contributed by atoms with van der Waals surface area (Å²) in [6, 6.07) is 15.7. The van der Waals surface area contributed by atoms with Crippen LogP contribution in [0, 0.1) is 10.1 Å². The smallest absolute Gasteiger partial charge is 0.337 e. The van der Waals surface area contributed by atoms with Gasteiger partial charge in [-0.3, -0.25) is 15.0 Å². The van der Waals surface area contributed by atoms with Crippen molar-refractivity contribution in [2.45, 2.75) is 38.3 Å². The van der Waals surface area contributed by atoms with E-state index >= 15 is 0 Å². The van der Waals surface area contributed by atoms with E-state index in [4.69, 9.17) is 9.47 Å². The van der Waals surface area contributed by atoms with Gasteiger partial charge in [0, 0.05) is 49.6 Å². The molecule has 10 nitrogen and oxygen atoms in total. The zero-order chi connectivity index (χ0) is 27.4. The van der Waals surface area contributed by atoms with E-state index in [2.05, 4.69) is 10.2 Å². The summed E-state index contributed by atoms with van der Waals surface area (Å²) in [6.45, 7) is 4.60. The van der Waals surface area contributed by atoms with E-state index in [9.17, 15) is 24.8 Å². The molecule has 2 aliphatic rings. The Hall–Kier alpha value is -4.02. The van der Waals surface area contributed by atoms with Crippen molar-refractivity contribution < 1.29 is 29.1 Å². The molecule has 200 valence electrons. The van der Waals surface area contributed by atoms with E-state index in [1.54, 1.807) is 19.9 Å². The summed E-state index contributed by atoms with van der Waals surface area (Å²) in [5.41, 5.74) is 1.38. The molecule has 0 unspecified atom stereocenters. The van der Waals surface area contributed by atoms with Gasteiger partial charge in [-0.05, 0) is 25.0 Å².